The van der Waals surface area contributed by atoms with E-state index in [9.17, 15) is 51.3 Å². The van der Waals surface area contributed by atoms with Crippen molar-refractivity contribution >= 4 is 86.6 Å². The third-order valence-corrected chi connectivity index (χ3v) is 11.4. The molecule has 63 heavy (non-hydrogen) atoms. The number of rotatable bonds is 20. The van der Waals surface area contributed by atoms with E-state index in [1.165, 1.54) is 0 Å². The second kappa shape index (κ2) is 22.3. The Morgan fingerprint density at radius 2 is 1.59 bits per heavy atom. The van der Waals surface area contributed by atoms with Gasteiger partial charge in [-0.1, -0.05) is 54.2 Å². The first kappa shape index (κ1) is 50.3. The van der Waals surface area contributed by atoms with Crippen LogP contribution in [0.4, 0.5) is 10.5 Å². The van der Waals surface area contributed by atoms with E-state index in [1.54, 1.807) is 63.2 Å². The predicted molar refractivity (Wildman–Crippen MR) is 222 cm³/mol. The van der Waals surface area contributed by atoms with Gasteiger partial charge >= 0.3 is 18.0 Å². The number of ether oxygens (including phenoxy) is 3. The molecule has 2 fully saturated rings. The minimum Gasteiger partial charge on any atom is -0.747 e. The Kier molecular flexibility index (Phi) is 17.8. The van der Waals surface area contributed by atoms with E-state index in [1.807, 2.05) is 0 Å². The van der Waals surface area contributed by atoms with Crippen molar-refractivity contribution < 1.29 is 70.4 Å². The van der Waals surface area contributed by atoms with Crippen molar-refractivity contribution in [1.82, 2.24) is 21.0 Å². The van der Waals surface area contributed by atoms with Gasteiger partial charge in [-0.3, -0.25) is 24.0 Å². The average Bonchev–Trinajstić information content (AvgIpc) is 3.79. The summed E-state index contributed by atoms with van der Waals surface area (Å²) in [6.45, 7) is 4.08. The van der Waals surface area contributed by atoms with Crippen molar-refractivity contribution in [2.45, 2.75) is 89.0 Å². The number of benzene rings is 2. The zero-order chi connectivity index (χ0) is 46.5. The van der Waals surface area contributed by atoms with Crippen LogP contribution in [0.25, 0.3) is 0 Å². The normalized spacial score (nSPS) is 16.5. The number of hydrogen-bond donors (Lipinski definition) is 4. The van der Waals surface area contributed by atoms with Gasteiger partial charge in [0.05, 0.1) is 40.7 Å². The number of anilines is 1. The lowest BCUT2D eigenvalue weighted by Gasteiger charge is -2.31. The zero-order valence-electron chi connectivity index (χ0n) is 34.6. The molecule has 1 aliphatic heterocycles. The third-order valence-electron chi connectivity index (χ3n) is 9.72. The Morgan fingerprint density at radius 1 is 0.937 bits per heavy atom. The number of halogens is 2. The van der Waals surface area contributed by atoms with Crippen molar-refractivity contribution in [1.29, 1.82) is 0 Å². The molecule has 2 aromatic carbocycles. The lowest BCUT2D eigenvalue weighted by Crippen LogP contribution is -2.51. The van der Waals surface area contributed by atoms with Crippen molar-refractivity contribution in [3.63, 3.8) is 0 Å². The Balaban J connectivity index is 1.19. The first-order chi connectivity index (χ1) is 29.6. The van der Waals surface area contributed by atoms with Crippen LogP contribution in [-0.2, 0) is 64.4 Å². The molecule has 0 spiro atoms. The van der Waals surface area contributed by atoms with Crippen LogP contribution in [0, 0.1) is 5.41 Å². The van der Waals surface area contributed by atoms with Gasteiger partial charge in [-0.2, -0.15) is 0 Å². The maximum Gasteiger partial charge on any atom is 0.407 e. The van der Waals surface area contributed by atoms with Crippen LogP contribution in [-0.4, -0.2) is 115 Å². The van der Waals surface area contributed by atoms with Gasteiger partial charge in [-0.15, -0.1) is 5.06 Å². The number of nitrogens with one attached hydrogen (secondary N) is 4. The largest absolute Gasteiger partial charge is 0.747 e. The van der Waals surface area contributed by atoms with Gasteiger partial charge in [0.2, 0.25) is 11.8 Å². The molecule has 4 N–H and O–H groups in total. The highest BCUT2D eigenvalue weighted by Crippen LogP contribution is 2.41. The number of hydroxylamine groups is 2. The molecule has 23 heteroatoms. The summed E-state index contributed by atoms with van der Waals surface area (Å²) in [5.74, 6) is -5.97. The van der Waals surface area contributed by atoms with E-state index in [2.05, 4.69) is 30.8 Å². The number of carbonyl (C=O) groups excluding carboxylic acids is 8. The van der Waals surface area contributed by atoms with Crippen molar-refractivity contribution in [3.05, 3.63) is 63.6 Å². The summed E-state index contributed by atoms with van der Waals surface area (Å²) in [5, 5.41) is 8.73. The lowest BCUT2D eigenvalue weighted by molar-refractivity contribution is -0.199. The van der Waals surface area contributed by atoms with E-state index >= 15 is 0 Å². The topological polar surface area (TPSA) is 282 Å². The van der Waals surface area contributed by atoms with E-state index < -0.39 is 81.2 Å². The fourth-order valence-electron chi connectivity index (χ4n) is 6.62. The molecule has 2 aliphatic rings. The van der Waals surface area contributed by atoms with Crippen LogP contribution in [0.3, 0.4) is 0 Å². The van der Waals surface area contributed by atoms with Gasteiger partial charge in [0.15, 0.2) is 6.61 Å². The summed E-state index contributed by atoms with van der Waals surface area (Å²) in [6.07, 6.45) is 0.920. The van der Waals surface area contributed by atoms with Gasteiger partial charge in [-0.05, 0) is 69.9 Å². The van der Waals surface area contributed by atoms with E-state index in [-0.39, 0.29) is 71.6 Å². The van der Waals surface area contributed by atoms with E-state index in [4.69, 9.17) is 32.7 Å². The van der Waals surface area contributed by atoms with Gasteiger partial charge in [0, 0.05) is 31.6 Å². The van der Waals surface area contributed by atoms with Crippen LogP contribution >= 0.6 is 23.2 Å². The molecule has 1 unspecified atom stereocenters. The SMILES string of the molecule is CC(C)(C)OC(=O)[C@H](Cc1ccc(NC(=O)c2c(Cl)cccc2Cl)cc1)NC(=O)C1(CCNC(=O)CCOCCNC(=O)OCC(=O)ON2C(=O)CC(S(=O)(=O)[O-])C2=O)CCCC1. The number of hydrogen-bond acceptors (Lipinski definition) is 15. The number of esters is 1. The van der Waals surface area contributed by atoms with Gasteiger partial charge in [0.1, 0.15) is 27.0 Å². The Morgan fingerprint density at radius 3 is 2.19 bits per heavy atom. The van der Waals surface area contributed by atoms with Crippen molar-refractivity contribution in [3.8, 4) is 0 Å². The standard InChI is InChI=1S/C40H49Cl2N5O15S/c1-39(2,3)61-36(53)28(21-24-9-11-25(12-10-24)45-34(51)33-26(41)7-6-8-27(33)42)46-37(54)40(14-4-5-15-40)16-17-43-30(48)13-19-59-20-18-44-38(55)60-23-32(50)62-47-31(49)22-29(35(47)52)63(56,57)58/h6-12,28-29H,4-5,13-23H2,1-3H3,(H,43,48)(H,44,55)(H,45,51)(H,46,54)(H,56,57,58)/p-1/t28-,29?/m0/s1. The lowest BCUT2D eigenvalue weighted by atomic mass is 9.81. The number of carbonyl (C=O) groups is 8. The van der Waals surface area contributed by atoms with Crippen molar-refractivity contribution in [2.75, 3.05) is 38.2 Å². The molecular weight excluding hydrogens is 893 g/mol. The van der Waals surface area contributed by atoms with Gasteiger partial charge in [-0.25, -0.2) is 22.8 Å². The molecule has 2 aromatic rings. The minimum atomic E-state index is -5.16. The fourth-order valence-corrected chi connectivity index (χ4v) is 7.88. The molecule has 6 amide bonds. The van der Waals surface area contributed by atoms with Crippen LogP contribution in [0.2, 0.25) is 10.0 Å². The second-order valence-electron chi connectivity index (χ2n) is 15.6. The Bertz CT molecular complexity index is 2140. The average molecular weight is 942 g/mol. The maximum atomic E-state index is 14.0. The molecule has 20 nitrogen and oxygen atoms in total. The molecule has 0 bridgehead atoms. The predicted octanol–water partition coefficient (Wildman–Crippen LogP) is 2.95. The van der Waals surface area contributed by atoms with Gasteiger partial charge < -0.3 is 44.9 Å². The van der Waals surface area contributed by atoms with E-state index in [0.29, 0.717) is 30.5 Å². The monoisotopic (exact) mass is 940 g/mol. The van der Waals surface area contributed by atoms with Gasteiger partial charge in [0.25, 0.3) is 17.7 Å². The number of alkyl carbamates (subject to hydrolysis) is 1. The first-order valence-corrected chi connectivity index (χ1v) is 22.0. The maximum absolute atomic E-state index is 14.0. The number of imide groups is 1. The summed E-state index contributed by atoms with van der Waals surface area (Å²) in [6, 6.07) is 10.4. The van der Waals surface area contributed by atoms with Crippen LogP contribution in [0.15, 0.2) is 42.5 Å². The van der Waals surface area contributed by atoms with Crippen LogP contribution in [0.1, 0.15) is 81.6 Å². The van der Waals surface area contributed by atoms with Crippen molar-refractivity contribution in [2.24, 2.45) is 5.41 Å². The summed E-state index contributed by atoms with van der Waals surface area (Å²) < 4.78 is 48.9. The molecule has 344 valence electrons. The summed E-state index contributed by atoms with van der Waals surface area (Å²) in [5.41, 5.74) is -0.415. The summed E-state index contributed by atoms with van der Waals surface area (Å²) in [7, 11) is -5.16. The number of amides is 6. The van der Waals surface area contributed by atoms with Crippen LogP contribution in [0.5, 0.6) is 0 Å². The molecule has 0 aromatic heterocycles. The molecule has 1 saturated heterocycles. The van der Waals surface area contributed by atoms with Crippen LogP contribution < -0.4 is 21.3 Å². The molecule has 4 rings (SSSR count). The summed E-state index contributed by atoms with van der Waals surface area (Å²) >= 11 is 12.4. The number of nitrogens with zero attached hydrogens (tertiary/aromatic N) is 1. The highest BCUT2D eigenvalue weighted by atomic mass is 35.5. The Hall–Kier alpha value is -5.35. The zero-order valence-corrected chi connectivity index (χ0v) is 37.0. The molecule has 1 heterocycles. The molecule has 1 saturated carbocycles. The first-order valence-electron chi connectivity index (χ1n) is 19.7. The van der Waals surface area contributed by atoms with E-state index in [0.717, 1.165) is 12.8 Å². The molecule has 0 radical (unpaired) electrons. The second-order valence-corrected chi connectivity index (χ2v) is 18.0. The third kappa shape index (κ3) is 15.2. The molecular formula is C40H48Cl2N5O15S-. The minimum absolute atomic E-state index is 0.0286. The quantitative estimate of drug-likeness (QED) is 0.0643. The Labute approximate surface area is 373 Å². The highest BCUT2D eigenvalue weighted by Gasteiger charge is 2.46. The molecule has 1 aliphatic carbocycles. The smallest absolute Gasteiger partial charge is 0.407 e. The fraction of sp³-hybridized carbons (Fsp3) is 0.500. The summed E-state index contributed by atoms with van der Waals surface area (Å²) in [4.78, 5) is 105. The molecule has 2 atom stereocenters. The highest BCUT2D eigenvalue weighted by molar-refractivity contribution is 7.87.